The first-order chi connectivity index (χ1) is 8.27. The fraction of sp³-hybridized carbons (Fsp3) is 0.364. The number of thioether (sulfide) groups is 1. The predicted octanol–water partition coefficient (Wildman–Crippen LogP) is 0.321. The van der Waals surface area contributed by atoms with Crippen LogP contribution in [0.25, 0.3) is 0 Å². The third kappa shape index (κ3) is 3.44. The van der Waals surface area contributed by atoms with Crippen LogP contribution < -0.4 is 21.3 Å². The fourth-order valence-corrected chi connectivity index (χ4v) is 2.37. The van der Waals surface area contributed by atoms with E-state index in [0.29, 0.717) is 5.75 Å². The van der Waals surface area contributed by atoms with Crippen molar-refractivity contribution in [2.24, 2.45) is 0 Å². The van der Waals surface area contributed by atoms with Crippen LogP contribution in [-0.4, -0.2) is 30.6 Å². The van der Waals surface area contributed by atoms with Crippen molar-refractivity contribution in [2.75, 3.05) is 24.2 Å². The van der Waals surface area contributed by atoms with Crippen LogP contribution in [0.15, 0.2) is 30.3 Å². The Labute approximate surface area is 105 Å². The van der Waals surface area contributed by atoms with Crippen molar-refractivity contribution in [3.8, 4) is 0 Å². The molecule has 1 aliphatic heterocycles. The Balaban J connectivity index is 1.83. The van der Waals surface area contributed by atoms with E-state index in [1.54, 1.807) is 23.7 Å². The quantitative estimate of drug-likeness (QED) is 0.720. The molecule has 3 N–H and O–H groups in total. The molecule has 1 fully saturated rings. The highest BCUT2D eigenvalue weighted by Gasteiger charge is 2.17. The lowest BCUT2D eigenvalue weighted by Gasteiger charge is -2.17. The lowest BCUT2D eigenvalue weighted by atomic mass is 10.3. The highest BCUT2D eigenvalue weighted by atomic mass is 32.2. The molecule has 1 aromatic rings. The number of amides is 1. The van der Waals surface area contributed by atoms with E-state index in [4.69, 9.17) is 0 Å². The van der Waals surface area contributed by atoms with Gasteiger partial charge in [-0.1, -0.05) is 18.2 Å². The van der Waals surface area contributed by atoms with Crippen molar-refractivity contribution >= 4 is 23.4 Å². The van der Waals surface area contributed by atoms with Gasteiger partial charge in [0.15, 0.2) is 0 Å². The van der Waals surface area contributed by atoms with Crippen molar-refractivity contribution in [3.05, 3.63) is 30.3 Å². The Bertz CT molecular complexity index is 367. The highest BCUT2D eigenvalue weighted by molar-refractivity contribution is 8.00. The van der Waals surface area contributed by atoms with Crippen molar-refractivity contribution in [1.82, 2.24) is 16.4 Å². The van der Waals surface area contributed by atoms with Crippen LogP contribution in [0, 0.1) is 0 Å². The van der Waals surface area contributed by atoms with E-state index in [0.717, 1.165) is 12.2 Å². The van der Waals surface area contributed by atoms with Crippen LogP contribution in [0.3, 0.4) is 0 Å². The van der Waals surface area contributed by atoms with Gasteiger partial charge in [-0.15, -0.1) is 11.8 Å². The van der Waals surface area contributed by atoms with Crippen molar-refractivity contribution in [2.45, 2.75) is 5.37 Å². The number of hydrogen-bond acceptors (Lipinski definition) is 5. The van der Waals surface area contributed by atoms with Crippen LogP contribution in [0.4, 0.5) is 5.69 Å². The number of rotatable bonds is 4. The summed E-state index contributed by atoms with van der Waals surface area (Å²) in [6, 6.07) is 9.66. The summed E-state index contributed by atoms with van der Waals surface area (Å²) in [6.45, 7) is 0.812. The second kappa shape index (κ2) is 6.02. The first-order valence-electron chi connectivity index (χ1n) is 5.44. The maximum Gasteiger partial charge on any atom is 0.236 e. The molecule has 5 nitrogen and oxygen atoms in total. The smallest absolute Gasteiger partial charge is 0.236 e. The summed E-state index contributed by atoms with van der Waals surface area (Å²) in [5.41, 5.74) is 9.71. The first-order valence-corrected chi connectivity index (χ1v) is 6.49. The second-order valence-electron chi connectivity index (χ2n) is 3.74. The monoisotopic (exact) mass is 252 g/mol. The summed E-state index contributed by atoms with van der Waals surface area (Å²) < 4.78 is 0. The summed E-state index contributed by atoms with van der Waals surface area (Å²) in [5.74, 6) is 0.571. The van der Waals surface area contributed by atoms with Gasteiger partial charge in [0.05, 0.1) is 11.1 Å². The number of carbonyl (C=O) groups is 1. The summed E-state index contributed by atoms with van der Waals surface area (Å²) in [5, 5.41) is 0.239. The zero-order valence-electron chi connectivity index (χ0n) is 9.64. The fourth-order valence-electron chi connectivity index (χ4n) is 1.49. The van der Waals surface area contributed by atoms with Gasteiger partial charge in [-0.05, 0) is 12.1 Å². The summed E-state index contributed by atoms with van der Waals surface area (Å²) in [4.78, 5) is 13.6. The molecular formula is C11H16N4OS. The van der Waals surface area contributed by atoms with Crippen LogP contribution in [0.2, 0.25) is 0 Å². The summed E-state index contributed by atoms with van der Waals surface area (Å²) in [6.07, 6.45) is 0. The molecule has 1 saturated heterocycles. The number of benzene rings is 1. The average Bonchev–Trinajstić information content (AvgIpc) is 2.89. The van der Waals surface area contributed by atoms with E-state index in [2.05, 4.69) is 16.4 Å². The van der Waals surface area contributed by atoms with E-state index in [9.17, 15) is 4.79 Å². The normalized spacial score (nSPS) is 19.2. The van der Waals surface area contributed by atoms with E-state index in [1.807, 2.05) is 30.3 Å². The van der Waals surface area contributed by atoms with Gasteiger partial charge < -0.3 is 4.90 Å². The lowest BCUT2D eigenvalue weighted by molar-refractivity contribution is -0.115. The number of carbonyl (C=O) groups excluding carboxylic acids is 1. The third-order valence-electron chi connectivity index (χ3n) is 2.53. The summed E-state index contributed by atoms with van der Waals surface area (Å²) >= 11 is 1.59. The molecule has 0 saturated carbocycles. The van der Waals surface area contributed by atoms with Gasteiger partial charge in [0.2, 0.25) is 5.91 Å². The van der Waals surface area contributed by atoms with Gasteiger partial charge in [-0.3, -0.25) is 4.79 Å². The van der Waals surface area contributed by atoms with Gasteiger partial charge in [0.1, 0.15) is 0 Å². The van der Waals surface area contributed by atoms with Crippen molar-refractivity contribution in [1.29, 1.82) is 0 Å². The number of nitrogens with zero attached hydrogens (tertiary/aromatic N) is 1. The van der Waals surface area contributed by atoms with Crippen LogP contribution in [-0.2, 0) is 4.79 Å². The second-order valence-corrected chi connectivity index (χ2v) is 4.93. The minimum absolute atomic E-state index is 0.106. The zero-order chi connectivity index (χ0) is 12.1. The summed E-state index contributed by atoms with van der Waals surface area (Å²) in [7, 11) is 1.80. The number of anilines is 1. The molecule has 0 aromatic heterocycles. The largest absolute Gasteiger partial charge is 0.315 e. The van der Waals surface area contributed by atoms with Gasteiger partial charge in [-0.2, -0.15) is 5.53 Å². The van der Waals surface area contributed by atoms with Crippen LogP contribution in [0.5, 0.6) is 0 Å². The highest BCUT2D eigenvalue weighted by Crippen LogP contribution is 2.14. The molecule has 0 radical (unpaired) electrons. The van der Waals surface area contributed by atoms with E-state index in [1.165, 1.54) is 0 Å². The van der Waals surface area contributed by atoms with Gasteiger partial charge in [0, 0.05) is 19.3 Å². The maximum atomic E-state index is 11.9. The minimum atomic E-state index is 0.106. The number of nitrogens with one attached hydrogen (secondary N) is 3. The number of para-hydroxylation sites is 1. The molecule has 6 heteroatoms. The molecule has 1 aliphatic rings. The molecule has 1 heterocycles. The van der Waals surface area contributed by atoms with Crippen LogP contribution in [0.1, 0.15) is 0 Å². The lowest BCUT2D eigenvalue weighted by Crippen LogP contribution is -2.33. The molecule has 92 valence electrons. The predicted molar refractivity (Wildman–Crippen MR) is 70.4 cm³/mol. The van der Waals surface area contributed by atoms with E-state index in [-0.39, 0.29) is 11.3 Å². The maximum absolute atomic E-state index is 11.9. The molecule has 1 amide bonds. The topological polar surface area (TPSA) is 56.4 Å². The molecule has 1 aromatic carbocycles. The van der Waals surface area contributed by atoms with E-state index < -0.39 is 0 Å². The molecule has 0 bridgehead atoms. The minimum Gasteiger partial charge on any atom is -0.315 e. The van der Waals surface area contributed by atoms with Gasteiger partial charge >= 0.3 is 0 Å². The molecule has 1 unspecified atom stereocenters. The van der Waals surface area contributed by atoms with Gasteiger partial charge in [0.25, 0.3) is 0 Å². The number of hydrazine groups is 2. The van der Waals surface area contributed by atoms with Crippen LogP contribution >= 0.6 is 11.8 Å². The molecule has 1 atom stereocenters. The Morgan fingerprint density at radius 1 is 1.47 bits per heavy atom. The van der Waals surface area contributed by atoms with Gasteiger partial charge in [-0.25, -0.2) is 10.9 Å². The zero-order valence-corrected chi connectivity index (χ0v) is 10.5. The standard InChI is InChI=1S/C11H16N4OS/c1-15(9-5-3-2-4-6-9)11(16)8-17-10-7-12-14-13-10/h2-6,10,12-14H,7-8H2,1H3. The number of hydrogen-bond donors (Lipinski definition) is 3. The Morgan fingerprint density at radius 2 is 2.24 bits per heavy atom. The Morgan fingerprint density at radius 3 is 2.88 bits per heavy atom. The average molecular weight is 252 g/mol. The molecule has 17 heavy (non-hydrogen) atoms. The third-order valence-corrected chi connectivity index (χ3v) is 3.64. The van der Waals surface area contributed by atoms with E-state index >= 15 is 0 Å². The molecule has 0 spiro atoms. The Kier molecular flexibility index (Phi) is 4.38. The van der Waals surface area contributed by atoms with Crippen molar-refractivity contribution in [3.63, 3.8) is 0 Å². The first kappa shape index (κ1) is 12.4. The molecule has 0 aliphatic carbocycles. The van der Waals surface area contributed by atoms with Crippen molar-refractivity contribution < 1.29 is 4.79 Å². The molecular weight excluding hydrogens is 236 g/mol. The Hall–Kier alpha value is -1.08. The SMILES string of the molecule is CN(C(=O)CSC1CNNN1)c1ccccc1. The molecule has 2 rings (SSSR count).